The zero-order valence-corrected chi connectivity index (χ0v) is 16.5. The number of sulfone groups is 1. The summed E-state index contributed by atoms with van der Waals surface area (Å²) in [6.45, 7) is 5.70. The van der Waals surface area contributed by atoms with Crippen LogP contribution in [0.25, 0.3) is 0 Å². The zero-order chi connectivity index (χ0) is 19.5. The lowest BCUT2D eigenvalue weighted by atomic mass is 10.1. The summed E-state index contributed by atoms with van der Waals surface area (Å²) < 4.78 is 29.2. The van der Waals surface area contributed by atoms with Crippen LogP contribution in [0.1, 0.15) is 16.7 Å². The number of nitrogens with one attached hydrogen (secondary N) is 2. The molecule has 2 N–H and O–H groups in total. The Morgan fingerprint density at radius 1 is 1.00 bits per heavy atom. The van der Waals surface area contributed by atoms with Crippen LogP contribution in [0.3, 0.4) is 0 Å². The largest absolute Gasteiger partial charge is 0.493 e. The predicted octanol–water partition coefficient (Wildman–Crippen LogP) is 3.07. The molecule has 7 heteroatoms. The fourth-order valence-electron chi connectivity index (χ4n) is 2.78. The number of benzene rings is 2. The zero-order valence-electron chi connectivity index (χ0n) is 15.6. The first kappa shape index (κ1) is 19.8. The minimum atomic E-state index is -3.45. The molecule has 0 heterocycles. The van der Waals surface area contributed by atoms with Gasteiger partial charge in [0.05, 0.1) is 19.3 Å². The van der Waals surface area contributed by atoms with Crippen molar-refractivity contribution in [2.24, 2.45) is 0 Å². The minimum Gasteiger partial charge on any atom is -0.493 e. The van der Waals surface area contributed by atoms with E-state index in [2.05, 4.69) is 10.6 Å². The topological polar surface area (TPSA) is 84.5 Å². The SMILES string of the molecule is COc1c(NCC(=O)Nc2cc(C)cc(C)c2)cc(C)cc1S(C)(=O)=O. The van der Waals surface area contributed by atoms with Gasteiger partial charge in [-0.2, -0.15) is 0 Å². The lowest BCUT2D eigenvalue weighted by molar-refractivity contribution is -0.114. The minimum absolute atomic E-state index is 0.0179. The van der Waals surface area contributed by atoms with Crippen LogP contribution in [-0.4, -0.2) is 34.2 Å². The molecule has 0 aliphatic carbocycles. The molecule has 26 heavy (non-hydrogen) atoms. The van der Waals surface area contributed by atoms with E-state index < -0.39 is 9.84 Å². The van der Waals surface area contributed by atoms with Crippen LogP contribution in [0.2, 0.25) is 0 Å². The number of methoxy groups -OCH3 is 1. The molecule has 0 unspecified atom stereocenters. The van der Waals surface area contributed by atoms with E-state index in [0.29, 0.717) is 5.69 Å². The van der Waals surface area contributed by atoms with Gasteiger partial charge in [-0.1, -0.05) is 6.07 Å². The van der Waals surface area contributed by atoms with Crippen LogP contribution in [0.15, 0.2) is 35.2 Å². The summed E-state index contributed by atoms with van der Waals surface area (Å²) in [5.74, 6) is -0.0308. The molecule has 0 radical (unpaired) electrons. The van der Waals surface area contributed by atoms with Crippen molar-refractivity contribution in [2.75, 3.05) is 30.5 Å². The van der Waals surface area contributed by atoms with Gasteiger partial charge in [0.15, 0.2) is 15.6 Å². The van der Waals surface area contributed by atoms with Crippen molar-refractivity contribution in [1.82, 2.24) is 0 Å². The number of amides is 1. The molecular weight excluding hydrogens is 352 g/mol. The number of rotatable bonds is 6. The third-order valence-electron chi connectivity index (χ3n) is 3.75. The Kier molecular flexibility index (Phi) is 5.92. The average molecular weight is 376 g/mol. The first-order valence-electron chi connectivity index (χ1n) is 8.11. The van der Waals surface area contributed by atoms with E-state index >= 15 is 0 Å². The first-order chi connectivity index (χ1) is 12.1. The molecule has 0 spiro atoms. The predicted molar refractivity (Wildman–Crippen MR) is 104 cm³/mol. The van der Waals surface area contributed by atoms with Crippen LogP contribution in [-0.2, 0) is 14.6 Å². The van der Waals surface area contributed by atoms with Gasteiger partial charge in [0.25, 0.3) is 0 Å². The highest BCUT2D eigenvalue weighted by atomic mass is 32.2. The number of aryl methyl sites for hydroxylation is 3. The van der Waals surface area contributed by atoms with Crippen LogP contribution >= 0.6 is 0 Å². The normalized spacial score (nSPS) is 11.1. The van der Waals surface area contributed by atoms with Crippen LogP contribution in [0.5, 0.6) is 5.75 Å². The summed E-state index contributed by atoms with van der Waals surface area (Å²) in [5, 5.41) is 5.80. The van der Waals surface area contributed by atoms with Gasteiger partial charge in [-0.15, -0.1) is 0 Å². The van der Waals surface area contributed by atoms with E-state index in [0.717, 1.165) is 28.6 Å². The number of carbonyl (C=O) groups excluding carboxylic acids is 1. The molecule has 0 saturated heterocycles. The second kappa shape index (κ2) is 7.78. The molecule has 0 bridgehead atoms. The molecule has 2 aromatic carbocycles. The second-order valence-electron chi connectivity index (χ2n) is 6.39. The lowest BCUT2D eigenvalue weighted by Crippen LogP contribution is -2.22. The molecule has 1 amide bonds. The number of carbonyl (C=O) groups is 1. The monoisotopic (exact) mass is 376 g/mol. The van der Waals surface area contributed by atoms with E-state index in [1.54, 1.807) is 19.1 Å². The second-order valence-corrected chi connectivity index (χ2v) is 8.38. The molecule has 0 aromatic heterocycles. The maximum atomic E-state index is 12.2. The maximum absolute atomic E-state index is 12.2. The standard InChI is InChI=1S/C19H24N2O4S/c1-12-6-13(2)8-15(7-12)21-18(22)11-20-16-9-14(3)10-17(19(16)25-4)26(5,23)24/h6-10,20H,11H2,1-5H3,(H,21,22). The van der Waals surface area contributed by atoms with Crippen molar-refractivity contribution in [2.45, 2.75) is 25.7 Å². The van der Waals surface area contributed by atoms with Gasteiger partial charge in [0, 0.05) is 11.9 Å². The highest BCUT2D eigenvalue weighted by Gasteiger charge is 2.19. The molecule has 0 aliphatic heterocycles. The van der Waals surface area contributed by atoms with E-state index in [-0.39, 0.29) is 23.1 Å². The maximum Gasteiger partial charge on any atom is 0.243 e. The third-order valence-corrected chi connectivity index (χ3v) is 4.85. The summed E-state index contributed by atoms with van der Waals surface area (Å²) in [6, 6.07) is 9.10. The van der Waals surface area contributed by atoms with E-state index in [1.165, 1.54) is 7.11 Å². The van der Waals surface area contributed by atoms with Gasteiger partial charge in [0.1, 0.15) is 4.90 Å². The van der Waals surface area contributed by atoms with Crippen molar-refractivity contribution in [3.63, 3.8) is 0 Å². The van der Waals surface area contributed by atoms with Crippen LogP contribution in [0.4, 0.5) is 11.4 Å². The lowest BCUT2D eigenvalue weighted by Gasteiger charge is -2.15. The number of ether oxygens (including phenoxy) is 1. The van der Waals surface area contributed by atoms with Crippen molar-refractivity contribution in [3.8, 4) is 5.75 Å². The van der Waals surface area contributed by atoms with Gasteiger partial charge in [0.2, 0.25) is 5.91 Å². The molecule has 2 rings (SSSR count). The molecule has 0 saturated carbocycles. The molecule has 0 aliphatic rings. The quantitative estimate of drug-likeness (QED) is 0.809. The number of hydrogen-bond donors (Lipinski definition) is 2. The Labute approximate surface area is 154 Å². The fourth-order valence-corrected chi connectivity index (χ4v) is 3.71. The van der Waals surface area contributed by atoms with E-state index in [9.17, 15) is 13.2 Å². The molecule has 2 aromatic rings. The van der Waals surface area contributed by atoms with Gasteiger partial charge >= 0.3 is 0 Å². The number of anilines is 2. The van der Waals surface area contributed by atoms with Crippen molar-refractivity contribution in [3.05, 3.63) is 47.0 Å². The van der Waals surface area contributed by atoms with Gasteiger partial charge in [-0.25, -0.2) is 8.42 Å². The third kappa shape index (κ3) is 4.98. The van der Waals surface area contributed by atoms with E-state index in [4.69, 9.17) is 4.74 Å². The van der Waals surface area contributed by atoms with Gasteiger partial charge in [-0.05, 0) is 61.7 Å². The van der Waals surface area contributed by atoms with Crippen LogP contribution < -0.4 is 15.4 Å². The fraction of sp³-hybridized carbons (Fsp3) is 0.316. The Balaban J connectivity index is 2.18. The molecule has 6 nitrogen and oxygen atoms in total. The smallest absolute Gasteiger partial charge is 0.243 e. The Morgan fingerprint density at radius 3 is 2.12 bits per heavy atom. The summed E-state index contributed by atoms with van der Waals surface area (Å²) in [4.78, 5) is 12.3. The number of hydrogen-bond acceptors (Lipinski definition) is 5. The molecule has 0 atom stereocenters. The summed E-state index contributed by atoms with van der Waals surface area (Å²) in [5.41, 5.74) is 4.06. The van der Waals surface area contributed by atoms with Crippen molar-refractivity contribution in [1.29, 1.82) is 0 Å². The molecule has 140 valence electrons. The summed E-state index contributed by atoms with van der Waals surface area (Å²) >= 11 is 0. The van der Waals surface area contributed by atoms with E-state index in [1.807, 2.05) is 32.0 Å². The summed E-state index contributed by atoms with van der Waals surface area (Å²) in [6.07, 6.45) is 1.13. The Hall–Kier alpha value is -2.54. The van der Waals surface area contributed by atoms with Gasteiger partial charge in [-0.3, -0.25) is 4.79 Å². The molecular formula is C19H24N2O4S. The highest BCUT2D eigenvalue weighted by Crippen LogP contribution is 2.33. The molecule has 0 fully saturated rings. The van der Waals surface area contributed by atoms with Gasteiger partial charge < -0.3 is 15.4 Å². The van der Waals surface area contributed by atoms with Crippen LogP contribution in [0, 0.1) is 20.8 Å². The average Bonchev–Trinajstić information content (AvgIpc) is 2.50. The van der Waals surface area contributed by atoms with Crippen molar-refractivity contribution >= 4 is 27.1 Å². The van der Waals surface area contributed by atoms with Crippen molar-refractivity contribution < 1.29 is 17.9 Å². The Morgan fingerprint density at radius 2 is 1.58 bits per heavy atom. The summed E-state index contributed by atoms with van der Waals surface area (Å²) in [7, 11) is -2.05. The Bertz CT molecular complexity index is 917. The highest BCUT2D eigenvalue weighted by molar-refractivity contribution is 7.90. The first-order valence-corrected chi connectivity index (χ1v) is 10.00.